The fraction of sp³-hybridized carbons (Fsp3) is 0.222. The summed E-state index contributed by atoms with van der Waals surface area (Å²) in [6, 6.07) is 10.7. The van der Waals surface area contributed by atoms with Gasteiger partial charge in [-0.1, -0.05) is 15.9 Å². The minimum atomic E-state index is -0.289. The van der Waals surface area contributed by atoms with Crippen molar-refractivity contribution in [2.24, 2.45) is 0 Å². The molecule has 138 valence electrons. The summed E-state index contributed by atoms with van der Waals surface area (Å²) in [7, 11) is 0. The third kappa shape index (κ3) is 4.54. The number of amides is 2. The van der Waals surface area contributed by atoms with E-state index in [-0.39, 0.29) is 25.0 Å². The summed E-state index contributed by atoms with van der Waals surface area (Å²) < 4.78 is 6.23. The zero-order chi connectivity index (χ0) is 19.2. The van der Waals surface area contributed by atoms with E-state index >= 15 is 0 Å². The summed E-state index contributed by atoms with van der Waals surface area (Å²) in [6.07, 6.45) is 1.58. The van der Waals surface area contributed by atoms with Crippen molar-refractivity contribution in [2.45, 2.75) is 0 Å². The van der Waals surface area contributed by atoms with E-state index in [4.69, 9.17) is 10.00 Å². The van der Waals surface area contributed by atoms with Crippen molar-refractivity contribution in [1.29, 1.82) is 5.26 Å². The Bertz CT molecular complexity index is 912. The maximum atomic E-state index is 12.2. The summed E-state index contributed by atoms with van der Waals surface area (Å²) in [5, 5.41) is 14.8. The number of anilines is 2. The first-order valence-corrected chi connectivity index (χ1v) is 8.96. The Morgan fingerprint density at radius 1 is 1.37 bits per heavy atom. The van der Waals surface area contributed by atoms with E-state index in [1.54, 1.807) is 36.5 Å². The second kappa shape index (κ2) is 8.51. The molecule has 1 aliphatic heterocycles. The highest BCUT2D eigenvalue weighted by Gasteiger charge is 2.27. The van der Waals surface area contributed by atoms with Crippen LogP contribution in [0.25, 0.3) is 0 Å². The quantitative estimate of drug-likeness (QED) is 0.676. The number of hydrogen-bond acceptors (Lipinski definition) is 6. The van der Waals surface area contributed by atoms with Gasteiger partial charge in [-0.2, -0.15) is 5.26 Å². The van der Waals surface area contributed by atoms with Gasteiger partial charge in [0.2, 0.25) is 5.91 Å². The molecule has 2 N–H and O–H groups in total. The van der Waals surface area contributed by atoms with Gasteiger partial charge in [0.15, 0.2) is 6.61 Å². The Kier molecular flexibility index (Phi) is 5.88. The number of halogens is 1. The van der Waals surface area contributed by atoms with Gasteiger partial charge in [-0.05, 0) is 30.3 Å². The van der Waals surface area contributed by atoms with Crippen LogP contribution >= 0.6 is 15.9 Å². The molecule has 2 aromatic rings. The van der Waals surface area contributed by atoms with Gasteiger partial charge in [-0.25, -0.2) is 4.98 Å². The number of nitrogens with zero attached hydrogens (tertiary/aromatic N) is 3. The summed E-state index contributed by atoms with van der Waals surface area (Å²) in [4.78, 5) is 29.8. The van der Waals surface area contributed by atoms with Crippen LogP contribution in [0.5, 0.6) is 5.75 Å². The first-order chi connectivity index (χ1) is 13.1. The average Bonchev–Trinajstić information content (AvgIpc) is 2.67. The van der Waals surface area contributed by atoms with Crippen LogP contribution in [0.3, 0.4) is 0 Å². The molecule has 0 unspecified atom stereocenters. The minimum absolute atomic E-state index is 0.0934. The zero-order valence-corrected chi connectivity index (χ0v) is 15.8. The van der Waals surface area contributed by atoms with E-state index in [2.05, 4.69) is 31.5 Å². The van der Waals surface area contributed by atoms with Crippen molar-refractivity contribution in [3.05, 3.63) is 46.6 Å². The SMILES string of the molecule is N#Cc1cccnc1NCCNC(=O)CN1C(=O)COc2cc(Br)ccc21. The van der Waals surface area contributed by atoms with Crippen molar-refractivity contribution in [1.82, 2.24) is 10.3 Å². The van der Waals surface area contributed by atoms with E-state index in [0.29, 0.717) is 35.9 Å². The number of nitriles is 1. The number of nitrogens with one attached hydrogen (secondary N) is 2. The summed E-state index contributed by atoms with van der Waals surface area (Å²) in [5.74, 6) is 0.461. The molecule has 0 spiro atoms. The molecule has 0 bridgehead atoms. The molecule has 0 atom stereocenters. The van der Waals surface area contributed by atoms with Gasteiger partial charge in [0.1, 0.15) is 24.2 Å². The van der Waals surface area contributed by atoms with Gasteiger partial charge in [0, 0.05) is 23.8 Å². The molecule has 8 nitrogen and oxygen atoms in total. The number of hydrogen-bond donors (Lipinski definition) is 2. The van der Waals surface area contributed by atoms with Gasteiger partial charge in [-0.15, -0.1) is 0 Å². The summed E-state index contributed by atoms with van der Waals surface area (Å²) in [5.41, 5.74) is 1.00. The summed E-state index contributed by atoms with van der Waals surface area (Å²) >= 11 is 3.35. The van der Waals surface area contributed by atoms with Gasteiger partial charge in [-0.3, -0.25) is 14.5 Å². The molecule has 0 radical (unpaired) electrons. The highest BCUT2D eigenvalue weighted by atomic mass is 79.9. The largest absolute Gasteiger partial charge is 0.482 e. The lowest BCUT2D eigenvalue weighted by atomic mass is 10.2. The lowest BCUT2D eigenvalue weighted by Crippen LogP contribution is -2.45. The topological polar surface area (TPSA) is 107 Å². The fourth-order valence-electron chi connectivity index (χ4n) is 2.57. The van der Waals surface area contributed by atoms with Crippen LogP contribution in [0.2, 0.25) is 0 Å². The Morgan fingerprint density at radius 3 is 3.04 bits per heavy atom. The predicted molar refractivity (Wildman–Crippen MR) is 102 cm³/mol. The minimum Gasteiger partial charge on any atom is -0.482 e. The first-order valence-electron chi connectivity index (χ1n) is 8.17. The number of aromatic nitrogens is 1. The number of benzene rings is 1. The third-order valence-corrected chi connectivity index (χ3v) is 4.33. The van der Waals surface area contributed by atoms with Crippen LogP contribution in [0.1, 0.15) is 5.56 Å². The Labute approximate surface area is 164 Å². The molecule has 2 heterocycles. The second-order valence-electron chi connectivity index (χ2n) is 5.67. The Hall–Kier alpha value is -3.12. The van der Waals surface area contributed by atoms with E-state index in [0.717, 1.165) is 4.47 Å². The van der Waals surface area contributed by atoms with Crippen LogP contribution < -0.4 is 20.3 Å². The van der Waals surface area contributed by atoms with E-state index in [9.17, 15) is 9.59 Å². The Balaban J connectivity index is 1.53. The normalized spacial score (nSPS) is 12.6. The van der Waals surface area contributed by atoms with E-state index < -0.39 is 0 Å². The van der Waals surface area contributed by atoms with Crippen molar-refractivity contribution < 1.29 is 14.3 Å². The molecule has 27 heavy (non-hydrogen) atoms. The zero-order valence-electron chi connectivity index (χ0n) is 14.2. The Morgan fingerprint density at radius 2 is 2.22 bits per heavy atom. The van der Waals surface area contributed by atoms with Crippen LogP contribution in [-0.2, 0) is 9.59 Å². The van der Waals surface area contributed by atoms with Crippen LogP contribution in [0.4, 0.5) is 11.5 Å². The van der Waals surface area contributed by atoms with E-state index in [1.165, 1.54) is 4.90 Å². The lowest BCUT2D eigenvalue weighted by molar-refractivity contribution is -0.125. The average molecular weight is 430 g/mol. The van der Waals surface area contributed by atoms with E-state index in [1.807, 2.05) is 6.07 Å². The smallest absolute Gasteiger partial charge is 0.265 e. The lowest BCUT2D eigenvalue weighted by Gasteiger charge is -2.29. The molecule has 2 amide bonds. The molecule has 0 saturated heterocycles. The molecule has 0 saturated carbocycles. The summed E-state index contributed by atoms with van der Waals surface area (Å²) in [6.45, 7) is 0.531. The van der Waals surface area contributed by atoms with Crippen molar-refractivity contribution in [3.63, 3.8) is 0 Å². The molecule has 9 heteroatoms. The van der Waals surface area contributed by atoms with Crippen molar-refractivity contribution in [2.75, 3.05) is 36.5 Å². The highest BCUT2D eigenvalue weighted by Crippen LogP contribution is 2.34. The molecular formula is C18H16BrN5O3. The first kappa shape index (κ1) is 18.7. The molecule has 1 aliphatic rings. The maximum absolute atomic E-state index is 12.2. The van der Waals surface area contributed by atoms with Crippen molar-refractivity contribution >= 4 is 39.2 Å². The van der Waals surface area contributed by atoms with Crippen molar-refractivity contribution in [3.8, 4) is 11.8 Å². The molecule has 1 aromatic heterocycles. The second-order valence-corrected chi connectivity index (χ2v) is 6.58. The van der Waals surface area contributed by atoms with Crippen LogP contribution in [-0.4, -0.2) is 43.0 Å². The predicted octanol–water partition coefficient (Wildman–Crippen LogP) is 1.67. The van der Waals surface area contributed by atoms with Crippen LogP contribution in [0, 0.1) is 11.3 Å². The van der Waals surface area contributed by atoms with Crippen LogP contribution in [0.15, 0.2) is 41.0 Å². The number of ether oxygens (including phenoxy) is 1. The molecule has 0 aliphatic carbocycles. The standard InChI is InChI=1S/C18H16BrN5O3/c19-13-3-4-14-15(8-13)27-11-17(26)24(14)10-16(25)21-6-7-23-18-12(9-20)2-1-5-22-18/h1-5,8H,6-7,10-11H2,(H,21,25)(H,22,23). The van der Waals surface area contributed by atoms with Gasteiger partial charge < -0.3 is 15.4 Å². The number of pyridine rings is 1. The highest BCUT2D eigenvalue weighted by molar-refractivity contribution is 9.10. The molecular weight excluding hydrogens is 414 g/mol. The van der Waals surface area contributed by atoms with Gasteiger partial charge >= 0.3 is 0 Å². The number of rotatable bonds is 6. The number of fused-ring (bicyclic) bond motifs is 1. The number of carbonyl (C=O) groups excluding carboxylic acids is 2. The third-order valence-electron chi connectivity index (χ3n) is 3.83. The fourth-order valence-corrected chi connectivity index (χ4v) is 2.91. The maximum Gasteiger partial charge on any atom is 0.265 e. The monoisotopic (exact) mass is 429 g/mol. The molecule has 1 aromatic carbocycles. The van der Waals surface area contributed by atoms with Gasteiger partial charge in [0.25, 0.3) is 5.91 Å². The molecule has 0 fully saturated rings. The molecule has 3 rings (SSSR count). The number of carbonyl (C=O) groups is 2. The van der Waals surface area contributed by atoms with Gasteiger partial charge in [0.05, 0.1) is 11.3 Å².